The van der Waals surface area contributed by atoms with Gasteiger partial charge in [-0.1, -0.05) is 20.8 Å². The first-order chi connectivity index (χ1) is 7.54. The van der Waals surface area contributed by atoms with Crippen LogP contribution in [0.2, 0.25) is 0 Å². The van der Waals surface area contributed by atoms with E-state index in [0.29, 0.717) is 12.0 Å². The number of carbonyl (C=O) groups excluding carboxylic acids is 1. The molecule has 0 aromatic heterocycles. The fraction of sp³-hybridized carbons (Fsp3) is 0.923. The van der Waals surface area contributed by atoms with Crippen LogP contribution in [0.1, 0.15) is 40.0 Å². The molecule has 0 radical (unpaired) electrons. The third-order valence-electron chi connectivity index (χ3n) is 3.72. The van der Waals surface area contributed by atoms with E-state index in [9.17, 15) is 4.79 Å². The van der Waals surface area contributed by atoms with Crippen LogP contribution < -0.4 is 5.32 Å². The Hall–Kier alpha value is -0.570. The third-order valence-corrected chi connectivity index (χ3v) is 3.72. The SMILES string of the molecule is COC(=O)C(C)CNC1CCC(C)CC1C. The standard InChI is InChI=1S/C13H25NO2/c1-9-5-6-12(10(2)7-9)14-8-11(3)13(15)16-4/h9-12,14H,5-8H2,1-4H3. The van der Waals surface area contributed by atoms with E-state index in [4.69, 9.17) is 4.74 Å². The maximum atomic E-state index is 11.3. The van der Waals surface area contributed by atoms with Crippen molar-refractivity contribution >= 4 is 5.97 Å². The van der Waals surface area contributed by atoms with Gasteiger partial charge >= 0.3 is 5.97 Å². The number of hydrogen-bond donors (Lipinski definition) is 1. The van der Waals surface area contributed by atoms with Gasteiger partial charge in [-0.05, 0) is 31.1 Å². The molecule has 0 aromatic carbocycles. The minimum absolute atomic E-state index is 0.0449. The maximum Gasteiger partial charge on any atom is 0.309 e. The lowest BCUT2D eigenvalue weighted by Crippen LogP contribution is -2.42. The molecule has 0 bridgehead atoms. The van der Waals surface area contributed by atoms with Crippen molar-refractivity contribution < 1.29 is 9.53 Å². The zero-order valence-electron chi connectivity index (χ0n) is 11.0. The highest BCUT2D eigenvalue weighted by Gasteiger charge is 2.25. The molecule has 0 heterocycles. The number of rotatable bonds is 4. The van der Waals surface area contributed by atoms with Crippen LogP contribution >= 0.6 is 0 Å². The van der Waals surface area contributed by atoms with Crippen molar-refractivity contribution in [3.05, 3.63) is 0 Å². The molecule has 16 heavy (non-hydrogen) atoms. The van der Waals surface area contributed by atoms with Crippen molar-refractivity contribution in [1.29, 1.82) is 0 Å². The summed E-state index contributed by atoms with van der Waals surface area (Å²) >= 11 is 0. The molecule has 3 nitrogen and oxygen atoms in total. The van der Waals surface area contributed by atoms with E-state index in [1.165, 1.54) is 26.4 Å². The molecule has 94 valence electrons. The minimum atomic E-state index is -0.121. The van der Waals surface area contributed by atoms with E-state index in [-0.39, 0.29) is 11.9 Å². The molecule has 0 saturated heterocycles. The molecule has 1 aliphatic carbocycles. The number of carbonyl (C=O) groups is 1. The second kappa shape index (κ2) is 6.24. The molecule has 4 atom stereocenters. The van der Waals surface area contributed by atoms with E-state index in [1.54, 1.807) is 0 Å². The summed E-state index contributed by atoms with van der Waals surface area (Å²) in [5.74, 6) is 1.40. The Bertz CT molecular complexity index is 230. The Balaban J connectivity index is 2.29. The molecule has 1 fully saturated rings. The normalized spacial score (nSPS) is 32.1. The zero-order valence-corrected chi connectivity index (χ0v) is 11.0. The second-order valence-corrected chi connectivity index (χ2v) is 5.33. The number of ether oxygens (including phenoxy) is 1. The summed E-state index contributed by atoms with van der Waals surface area (Å²) in [6.07, 6.45) is 3.83. The lowest BCUT2D eigenvalue weighted by Gasteiger charge is -2.33. The summed E-state index contributed by atoms with van der Waals surface area (Å²) in [6.45, 7) is 7.27. The molecule has 0 aromatic rings. The van der Waals surface area contributed by atoms with Crippen molar-refractivity contribution in [3.8, 4) is 0 Å². The van der Waals surface area contributed by atoms with Gasteiger partial charge in [0.1, 0.15) is 0 Å². The zero-order chi connectivity index (χ0) is 12.1. The van der Waals surface area contributed by atoms with E-state index >= 15 is 0 Å². The average molecular weight is 227 g/mol. The van der Waals surface area contributed by atoms with Gasteiger partial charge in [-0.2, -0.15) is 0 Å². The van der Waals surface area contributed by atoms with Crippen LogP contribution in [0.15, 0.2) is 0 Å². The Morgan fingerprint density at radius 3 is 2.69 bits per heavy atom. The van der Waals surface area contributed by atoms with Crippen molar-refractivity contribution in [2.24, 2.45) is 17.8 Å². The number of nitrogens with one attached hydrogen (secondary N) is 1. The molecule has 1 aliphatic rings. The Morgan fingerprint density at radius 1 is 1.44 bits per heavy atom. The van der Waals surface area contributed by atoms with Gasteiger partial charge in [0.15, 0.2) is 0 Å². The molecular formula is C13H25NO2. The predicted molar refractivity (Wildman–Crippen MR) is 65.1 cm³/mol. The highest BCUT2D eigenvalue weighted by Crippen LogP contribution is 2.28. The smallest absolute Gasteiger partial charge is 0.309 e. The summed E-state index contributed by atoms with van der Waals surface area (Å²) in [6, 6.07) is 0.573. The average Bonchev–Trinajstić information content (AvgIpc) is 2.26. The van der Waals surface area contributed by atoms with Gasteiger partial charge in [0.05, 0.1) is 13.0 Å². The van der Waals surface area contributed by atoms with Gasteiger partial charge in [0, 0.05) is 12.6 Å². The fourth-order valence-electron chi connectivity index (χ4n) is 2.58. The van der Waals surface area contributed by atoms with Gasteiger partial charge < -0.3 is 10.1 Å². The third kappa shape index (κ3) is 3.78. The maximum absolute atomic E-state index is 11.3. The molecule has 1 saturated carbocycles. The van der Waals surface area contributed by atoms with Gasteiger partial charge in [-0.3, -0.25) is 4.79 Å². The molecule has 0 spiro atoms. The van der Waals surface area contributed by atoms with Crippen LogP contribution in [-0.4, -0.2) is 25.7 Å². The van der Waals surface area contributed by atoms with E-state index in [1.807, 2.05) is 6.92 Å². The molecule has 4 unspecified atom stereocenters. The summed E-state index contributed by atoms with van der Waals surface area (Å²) in [5, 5.41) is 3.51. The lowest BCUT2D eigenvalue weighted by atomic mass is 9.80. The number of methoxy groups -OCH3 is 1. The summed E-state index contributed by atoms with van der Waals surface area (Å²) in [5.41, 5.74) is 0. The van der Waals surface area contributed by atoms with Crippen molar-refractivity contribution in [2.75, 3.05) is 13.7 Å². The van der Waals surface area contributed by atoms with Crippen LogP contribution in [0.5, 0.6) is 0 Å². The van der Waals surface area contributed by atoms with Crippen molar-refractivity contribution in [1.82, 2.24) is 5.32 Å². The highest BCUT2D eigenvalue weighted by molar-refractivity contribution is 5.72. The Kier molecular flexibility index (Phi) is 5.26. The molecular weight excluding hydrogens is 202 g/mol. The Morgan fingerprint density at radius 2 is 2.12 bits per heavy atom. The molecule has 0 aliphatic heterocycles. The second-order valence-electron chi connectivity index (χ2n) is 5.33. The minimum Gasteiger partial charge on any atom is -0.469 e. The van der Waals surface area contributed by atoms with Gasteiger partial charge in [0.25, 0.3) is 0 Å². The fourth-order valence-corrected chi connectivity index (χ4v) is 2.58. The predicted octanol–water partition coefficient (Wildman–Crippen LogP) is 2.21. The van der Waals surface area contributed by atoms with Gasteiger partial charge in [-0.25, -0.2) is 0 Å². The van der Waals surface area contributed by atoms with Crippen LogP contribution in [0.4, 0.5) is 0 Å². The van der Waals surface area contributed by atoms with E-state index < -0.39 is 0 Å². The quantitative estimate of drug-likeness (QED) is 0.748. The van der Waals surface area contributed by atoms with Gasteiger partial charge in [0.2, 0.25) is 0 Å². The van der Waals surface area contributed by atoms with Crippen molar-refractivity contribution in [3.63, 3.8) is 0 Å². The first kappa shape index (κ1) is 13.5. The largest absolute Gasteiger partial charge is 0.469 e. The summed E-state index contributed by atoms with van der Waals surface area (Å²) in [4.78, 5) is 11.3. The van der Waals surface area contributed by atoms with Crippen LogP contribution in [0.25, 0.3) is 0 Å². The summed E-state index contributed by atoms with van der Waals surface area (Å²) < 4.78 is 4.72. The lowest BCUT2D eigenvalue weighted by molar-refractivity contribution is -0.144. The monoisotopic (exact) mass is 227 g/mol. The highest BCUT2D eigenvalue weighted by atomic mass is 16.5. The molecule has 0 amide bonds. The number of esters is 1. The summed E-state index contributed by atoms with van der Waals surface area (Å²) in [7, 11) is 1.45. The number of hydrogen-bond acceptors (Lipinski definition) is 3. The van der Waals surface area contributed by atoms with Crippen LogP contribution in [-0.2, 0) is 9.53 Å². The van der Waals surface area contributed by atoms with E-state index in [2.05, 4.69) is 19.2 Å². The molecule has 3 heteroatoms. The van der Waals surface area contributed by atoms with Gasteiger partial charge in [-0.15, -0.1) is 0 Å². The Labute approximate surface area is 98.9 Å². The van der Waals surface area contributed by atoms with Crippen molar-refractivity contribution in [2.45, 2.75) is 46.1 Å². The topological polar surface area (TPSA) is 38.3 Å². The first-order valence-corrected chi connectivity index (χ1v) is 6.35. The first-order valence-electron chi connectivity index (χ1n) is 6.35. The molecule has 1 N–H and O–H groups in total. The molecule has 1 rings (SSSR count). The van der Waals surface area contributed by atoms with Crippen LogP contribution in [0.3, 0.4) is 0 Å². The van der Waals surface area contributed by atoms with Crippen LogP contribution in [0, 0.1) is 17.8 Å². The van der Waals surface area contributed by atoms with E-state index in [0.717, 1.165) is 12.5 Å².